The Balaban J connectivity index is 1.90. The number of benzene rings is 1. The fraction of sp³-hybridized carbons (Fsp3) is 0.562. The summed E-state index contributed by atoms with van der Waals surface area (Å²) < 4.78 is 4.79. The Morgan fingerprint density at radius 1 is 1.40 bits per heavy atom. The third-order valence-corrected chi connectivity index (χ3v) is 4.12. The SMILES string of the molecule is CN[C@@H]1CN(Cc2ccccc2)CC[C@H]1CC(=O)OC. The fourth-order valence-corrected chi connectivity index (χ4v) is 2.92. The number of esters is 1. The molecule has 0 aromatic heterocycles. The van der Waals surface area contributed by atoms with Crippen LogP contribution >= 0.6 is 0 Å². The summed E-state index contributed by atoms with van der Waals surface area (Å²) in [6.07, 6.45) is 1.55. The van der Waals surface area contributed by atoms with Crippen LogP contribution in [0.25, 0.3) is 0 Å². The lowest BCUT2D eigenvalue weighted by Crippen LogP contribution is -2.50. The van der Waals surface area contributed by atoms with E-state index in [-0.39, 0.29) is 5.97 Å². The Bertz CT molecular complexity index is 422. The van der Waals surface area contributed by atoms with Crippen molar-refractivity contribution >= 4 is 5.97 Å². The summed E-state index contributed by atoms with van der Waals surface area (Å²) in [6.45, 7) is 2.99. The highest BCUT2D eigenvalue weighted by molar-refractivity contribution is 5.69. The lowest BCUT2D eigenvalue weighted by Gasteiger charge is -2.38. The van der Waals surface area contributed by atoms with E-state index in [4.69, 9.17) is 4.74 Å². The first-order valence-corrected chi connectivity index (χ1v) is 7.23. The maximum atomic E-state index is 11.5. The summed E-state index contributed by atoms with van der Waals surface area (Å²) in [5, 5.41) is 3.35. The standard InChI is InChI=1S/C16H24N2O2/c1-17-15-12-18(11-13-6-4-3-5-7-13)9-8-14(15)10-16(19)20-2/h3-7,14-15,17H,8-12H2,1-2H3/t14-,15+/m0/s1. The largest absolute Gasteiger partial charge is 0.469 e. The number of carbonyl (C=O) groups is 1. The van der Waals surface area contributed by atoms with Gasteiger partial charge in [0.25, 0.3) is 0 Å². The van der Waals surface area contributed by atoms with Crippen molar-refractivity contribution < 1.29 is 9.53 Å². The van der Waals surface area contributed by atoms with Gasteiger partial charge in [-0.2, -0.15) is 0 Å². The van der Waals surface area contributed by atoms with E-state index < -0.39 is 0 Å². The summed E-state index contributed by atoms with van der Waals surface area (Å²) in [5.41, 5.74) is 1.34. The quantitative estimate of drug-likeness (QED) is 0.831. The average Bonchev–Trinajstić information content (AvgIpc) is 2.49. The summed E-state index contributed by atoms with van der Waals surface area (Å²) in [4.78, 5) is 13.9. The normalized spacial score (nSPS) is 23.5. The molecule has 110 valence electrons. The highest BCUT2D eigenvalue weighted by Crippen LogP contribution is 2.22. The molecular weight excluding hydrogens is 252 g/mol. The summed E-state index contributed by atoms with van der Waals surface area (Å²) in [7, 11) is 3.43. The van der Waals surface area contributed by atoms with Crippen molar-refractivity contribution in [1.29, 1.82) is 0 Å². The van der Waals surface area contributed by atoms with Crippen LogP contribution in [0.3, 0.4) is 0 Å². The molecule has 1 aliphatic heterocycles. The maximum Gasteiger partial charge on any atom is 0.305 e. The minimum Gasteiger partial charge on any atom is -0.469 e. The van der Waals surface area contributed by atoms with E-state index in [1.165, 1.54) is 12.7 Å². The molecule has 1 heterocycles. The Kier molecular flexibility index (Phi) is 5.56. The second kappa shape index (κ2) is 7.41. The number of ether oxygens (including phenoxy) is 1. The number of piperidine rings is 1. The van der Waals surface area contributed by atoms with Gasteiger partial charge in [0.1, 0.15) is 0 Å². The van der Waals surface area contributed by atoms with Gasteiger partial charge in [-0.15, -0.1) is 0 Å². The van der Waals surface area contributed by atoms with E-state index in [0.29, 0.717) is 18.4 Å². The van der Waals surface area contributed by atoms with Gasteiger partial charge in [-0.05, 0) is 31.5 Å². The number of hydrogen-bond acceptors (Lipinski definition) is 4. The second-order valence-electron chi connectivity index (χ2n) is 5.44. The lowest BCUT2D eigenvalue weighted by atomic mass is 9.88. The maximum absolute atomic E-state index is 11.5. The molecule has 1 N–H and O–H groups in total. The van der Waals surface area contributed by atoms with Crippen LogP contribution < -0.4 is 5.32 Å². The minimum atomic E-state index is -0.105. The topological polar surface area (TPSA) is 41.6 Å². The number of hydrogen-bond donors (Lipinski definition) is 1. The third kappa shape index (κ3) is 4.05. The van der Waals surface area contributed by atoms with Crippen molar-refractivity contribution in [3.8, 4) is 0 Å². The molecule has 4 heteroatoms. The zero-order chi connectivity index (χ0) is 14.4. The number of nitrogens with zero attached hydrogens (tertiary/aromatic N) is 1. The van der Waals surface area contributed by atoms with Gasteiger partial charge >= 0.3 is 5.97 Å². The van der Waals surface area contributed by atoms with Crippen LogP contribution in [0.4, 0.5) is 0 Å². The molecule has 1 aliphatic rings. The van der Waals surface area contributed by atoms with E-state index in [2.05, 4.69) is 34.5 Å². The molecule has 1 aromatic rings. The summed E-state index contributed by atoms with van der Waals surface area (Å²) in [5.74, 6) is 0.270. The van der Waals surface area contributed by atoms with Gasteiger partial charge < -0.3 is 10.1 Å². The van der Waals surface area contributed by atoms with Crippen molar-refractivity contribution in [1.82, 2.24) is 10.2 Å². The van der Waals surface area contributed by atoms with Gasteiger partial charge in [-0.1, -0.05) is 30.3 Å². The van der Waals surface area contributed by atoms with Gasteiger partial charge in [0.05, 0.1) is 7.11 Å². The van der Waals surface area contributed by atoms with Gasteiger partial charge in [-0.3, -0.25) is 9.69 Å². The molecule has 0 radical (unpaired) electrons. The van der Waals surface area contributed by atoms with Crippen LogP contribution in [-0.2, 0) is 16.1 Å². The molecule has 0 saturated carbocycles. The molecule has 2 rings (SSSR count). The van der Waals surface area contributed by atoms with Crippen LogP contribution in [0.5, 0.6) is 0 Å². The van der Waals surface area contributed by atoms with Gasteiger partial charge in [0, 0.05) is 25.6 Å². The van der Waals surface area contributed by atoms with Gasteiger partial charge in [-0.25, -0.2) is 0 Å². The zero-order valence-corrected chi connectivity index (χ0v) is 12.3. The first kappa shape index (κ1) is 15.0. The number of carbonyl (C=O) groups excluding carboxylic acids is 1. The van der Waals surface area contributed by atoms with E-state index in [1.807, 2.05) is 13.1 Å². The Morgan fingerprint density at radius 3 is 2.80 bits per heavy atom. The van der Waals surface area contributed by atoms with Crippen LogP contribution in [0, 0.1) is 5.92 Å². The van der Waals surface area contributed by atoms with Gasteiger partial charge in [0.15, 0.2) is 0 Å². The highest BCUT2D eigenvalue weighted by Gasteiger charge is 2.29. The van der Waals surface area contributed by atoms with Gasteiger partial charge in [0.2, 0.25) is 0 Å². The molecule has 0 aliphatic carbocycles. The molecule has 4 nitrogen and oxygen atoms in total. The van der Waals surface area contributed by atoms with E-state index in [0.717, 1.165) is 26.1 Å². The van der Waals surface area contributed by atoms with Crippen molar-refractivity contribution in [2.75, 3.05) is 27.2 Å². The first-order valence-electron chi connectivity index (χ1n) is 7.23. The van der Waals surface area contributed by atoms with Crippen LogP contribution in [0.1, 0.15) is 18.4 Å². The third-order valence-electron chi connectivity index (χ3n) is 4.12. The lowest BCUT2D eigenvalue weighted by molar-refractivity contribution is -0.142. The Hall–Kier alpha value is -1.39. The molecule has 1 fully saturated rings. The number of likely N-dealkylation sites (N-methyl/N-ethyl adjacent to an activating group) is 1. The number of rotatable bonds is 5. The minimum absolute atomic E-state index is 0.105. The van der Waals surface area contributed by atoms with Crippen molar-refractivity contribution in [2.24, 2.45) is 5.92 Å². The van der Waals surface area contributed by atoms with Crippen LogP contribution in [-0.4, -0.2) is 44.2 Å². The second-order valence-corrected chi connectivity index (χ2v) is 5.44. The first-order chi connectivity index (χ1) is 9.72. The summed E-state index contributed by atoms with van der Waals surface area (Å²) in [6, 6.07) is 10.9. The number of nitrogens with one attached hydrogen (secondary N) is 1. The molecule has 1 aromatic carbocycles. The van der Waals surface area contributed by atoms with Crippen LogP contribution in [0.2, 0.25) is 0 Å². The summed E-state index contributed by atoms with van der Waals surface area (Å²) >= 11 is 0. The Labute approximate surface area is 121 Å². The van der Waals surface area contributed by atoms with Crippen molar-refractivity contribution in [3.05, 3.63) is 35.9 Å². The van der Waals surface area contributed by atoms with E-state index >= 15 is 0 Å². The highest BCUT2D eigenvalue weighted by atomic mass is 16.5. The number of likely N-dealkylation sites (tertiary alicyclic amines) is 1. The molecule has 1 saturated heterocycles. The average molecular weight is 276 g/mol. The smallest absolute Gasteiger partial charge is 0.305 e. The molecule has 20 heavy (non-hydrogen) atoms. The Morgan fingerprint density at radius 2 is 2.15 bits per heavy atom. The van der Waals surface area contributed by atoms with Crippen LogP contribution in [0.15, 0.2) is 30.3 Å². The van der Waals surface area contributed by atoms with Crippen molar-refractivity contribution in [2.45, 2.75) is 25.4 Å². The molecule has 0 unspecified atom stereocenters. The molecule has 0 spiro atoms. The molecule has 0 bridgehead atoms. The molecule has 2 atom stereocenters. The fourth-order valence-electron chi connectivity index (χ4n) is 2.92. The van der Waals surface area contributed by atoms with E-state index in [1.54, 1.807) is 0 Å². The predicted molar refractivity (Wildman–Crippen MR) is 79.3 cm³/mol. The van der Waals surface area contributed by atoms with E-state index in [9.17, 15) is 4.79 Å². The predicted octanol–water partition coefficient (Wildman–Crippen LogP) is 1.66. The number of methoxy groups -OCH3 is 1. The molecular formula is C16H24N2O2. The monoisotopic (exact) mass is 276 g/mol. The molecule has 0 amide bonds. The van der Waals surface area contributed by atoms with Crippen molar-refractivity contribution in [3.63, 3.8) is 0 Å². The zero-order valence-electron chi connectivity index (χ0n) is 12.3.